The SMILES string of the molecule is CCOc1ccc([C@H]2C(C(=O)OC)=CN=c3s/c(=C\c4cc(OC)c(OCc5ccc(Cl)cc5)cc4Br)c(=O)n32)cc1OCC. The van der Waals surface area contributed by atoms with Crippen molar-refractivity contribution in [2.24, 2.45) is 4.99 Å². The first-order valence-corrected chi connectivity index (χ1v) is 16.0. The molecule has 0 saturated heterocycles. The zero-order valence-corrected chi connectivity index (χ0v) is 28.1. The molecule has 0 aliphatic carbocycles. The van der Waals surface area contributed by atoms with Crippen LogP contribution in [0.15, 0.2) is 80.6 Å². The van der Waals surface area contributed by atoms with E-state index in [1.165, 1.54) is 29.2 Å². The van der Waals surface area contributed by atoms with Crippen LogP contribution in [-0.4, -0.2) is 38.0 Å². The van der Waals surface area contributed by atoms with Crippen LogP contribution in [0.2, 0.25) is 5.02 Å². The Morgan fingerprint density at radius 2 is 1.69 bits per heavy atom. The fourth-order valence-electron chi connectivity index (χ4n) is 4.80. The summed E-state index contributed by atoms with van der Waals surface area (Å²) >= 11 is 10.8. The third-order valence-corrected chi connectivity index (χ3v) is 8.82. The number of ether oxygens (including phenoxy) is 5. The number of hydrogen-bond acceptors (Lipinski definition) is 9. The van der Waals surface area contributed by atoms with E-state index in [-0.39, 0.29) is 11.1 Å². The van der Waals surface area contributed by atoms with Crippen molar-refractivity contribution < 1.29 is 28.5 Å². The van der Waals surface area contributed by atoms with Gasteiger partial charge in [-0.25, -0.2) is 9.79 Å². The van der Waals surface area contributed by atoms with Crippen molar-refractivity contribution in [2.75, 3.05) is 27.4 Å². The van der Waals surface area contributed by atoms with Gasteiger partial charge >= 0.3 is 5.97 Å². The Balaban J connectivity index is 1.56. The van der Waals surface area contributed by atoms with Crippen molar-refractivity contribution in [1.29, 1.82) is 0 Å². The van der Waals surface area contributed by atoms with Gasteiger partial charge in [-0.15, -0.1) is 0 Å². The van der Waals surface area contributed by atoms with E-state index in [2.05, 4.69) is 20.9 Å². The lowest BCUT2D eigenvalue weighted by Crippen LogP contribution is -2.39. The number of nitrogens with zero attached hydrogens (tertiary/aromatic N) is 2. The number of halogens is 2. The molecule has 0 radical (unpaired) electrons. The molecular weight excluding hydrogens is 684 g/mol. The second kappa shape index (κ2) is 14.4. The molecule has 0 unspecified atom stereocenters. The fraction of sp³-hybridized carbons (Fsp3) is 0.242. The number of rotatable bonds is 11. The molecular formula is C33H30BrClN2O7S. The van der Waals surface area contributed by atoms with E-state index < -0.39 is 12.0 Å². The Morgan fingerprint density at radius 1 is 0.978 bits per heavy atom. The third kappa shape index (κ3) is 6.95. The second-order valence-corrected chi connectivity index (χ2v) is 12.0. The van der Waals surface area contributed by atoms with Crippen molar-refractivity contribution in [3.05, 3.63) is 112 Å². The van der Waals surface area contributed by atoms with Crippen LogP contribution in [-0.2, 0) is 16.1 Å². The highest BCUT2D eigenvalue weighted by Gasteiger charge is 2.31. The molecule has 12 heteroatoms. The lowest BCUT2D eigenvalue weighted by Gasteiger charge is -2.23. The number of carbonyl (C=O) groups is 1. The summed E-state index contributed by atoms with van der Waals surface area (Å²) in [5, 5.41) is 0.649. The normalized spacial score (nSPS) is 14.2. The van der Waals surface area contributed by atoms with Crippen molar-refractivity contribution >= 4 is 50.9 Å². The van der Waals surface area contributed by atoms with Gasteiger partial charge in [0.2, 0.25) is 0 Å². The first-order valence-electron chi connectivity index (χ1n) is 14.0. The maximum Gasteiger partial charge on any atom is 0.337 e. The molecule has 0 N–H and O–H groups in total. The molecule has 1 aliphatic rings. The number of hydrogen-bond donors (Lipinski definition) is 0. The monoisotopic (exact) mass is 712 g/mol. The Bertz CT molecular complexity index is 1940. The minimum Gasteiger partial charge on any atom is -0.493 e. The van der Waals surface area contributed by atoms with E-state index in [1.807, 2.05) is 32.0 Å². The van der Waals surface area contributed by atoms with Gasteiger partial charge in [0.15, 0.2) is 27.8 Å². The largest absolute Gasteiger partial charge is 0.493 e. The number of esters is 1. The fourth-order valence-corrected chi connectivity index (χ4v) is 6.33. The van der Waals surface area contributed by atoms with Gasteiger partial charge < -0.3 is 23.7 Å². The Morgan fingerprint density at radius 3 is 2.38 bits per heavy atom. The van der Waals surface area contributed by atoms with Crippen LogP contribution in [0, 0.1) is 0 Å². The van der Waals surface area contributed by atoms with E-state index in [0.717, 1.165) is 5.56 Å². The summed E-state index contributed by atoms with van der Waals surface area (Å²) < 4.78 is 30.9. The van der Waals surface area contributed by atoms with Crippen LogP contribution in [0.1, 0.15) is 36.6 Å². The van der Waals surface area contributed by atoms with E-state index in [9.17, 15) is 9.59 Å². The van der Waals surface area contributed by atoms with E-state index >= 15 is 0 Å². The molecule has 4 aromatic rings. The molecule has 3 aromatic carbocycles. The topological polar surface area (TPSA) is 97.6 Å². The Labute approximate surface area is 277 Å². The van der Waals surface area contributed by atoms with E-state index in [4.69, 9.17) is 35.3 Å². The van der Waals surface area contributed by atoms with Gasteiger partial charge in [0.25, 0.3) is 5.56 Å². The molecule has 1 aromatic heterocycles. The molecule has 0 bridgehead atoms. The quantitative estimate of drug-likeness (QED) is 0.181. The summed E-state index contributed by atoms with van der Waals surface area (Å²) in [6, 6.07) is 15.5. The molecule has 9 nitrogen and oxygen atoms in total. The third-order valence-electron chi connectivity index (χ3n) is 6.89. The summed E-state index contributed by atoms with van der Waals surface area (Å²) in [5.41, 5.74) is 2.18. The first kappa shape index (κ1) is 32.3. The van der Waals surface area contributed by atoms with Crippen LogP contribution in [0.5, 0.6) is 23.0 Å². The van der Waals surface area contributed by atoms with Crippen LogP contribution in [0.3, 0.4) is 0 Å². The summed E-state index contributed by atoms with van der Waals surface area (Å²) in [5.74, 6) is 1.51. The molecule has 0 spiro atoms. The molecule has 0 fully saturated rings. The maximum absolute atomic E-state index is 14.0. The summed E-state index contributed by atoms with van der Waals surface area (Å²) in [4.78, 5) is 31.8. The van der Waals surface area contributed by atoms with Crippen molar-refractivity contribution in [2.45, 2.75) is 26.5 Å². The molecule has 5 rings (SSSR count). The van der Waals surface area contributed by atoms with Gasteiger partial charge in [0.05, 0.1) is 43.6 Å². The summed E-state index contributed by atoms with van der Waals surface area (Å²) in [7, 11) is 2.85. The minimum atomic E-state index is -0.799. The standard InChI is InChI=1S/C33H30BrClN2O7S/c1-5-42-25-12-9-20(13-27(25)43-6-2)30-23(32(39)41-4)17-36-33-37(30)31(38)29(45-33)15-21-14-26(40-3)28(16-24(21)34)44-18-19-7-10-22(35)11-8-19/h7-17,30H,5-6,18H2,1-4H3/b29-15-/t30-/m0/s1. The number of benzene rings is 3. The minimum absolute atomic E-state index is 0.216. The van der Waals surface area contributed by atoms with Crippen LogP contribution in [0.4, 0.5) is 0 Å². The van der Waals surface area contributed by atoms with Gasteiger partial charge in [0.1, 0.15) is 6.61 Å². The first-order chi connectivity index (χ1) is 21.8. The maximum atomic E-state index is 14.0. The predicted molar refractivity (Wildman–Crippen MR) is 176 cm³/mol. The molecule has 1 atom stereocenters. The van der Waals surface area contributed by atoms with Gasteiger partial charge in [-0.2, -0.15) is 0 Å². The zero-order valence-electron chi connectivity index (χ0n) is 25.0. The average molecular weight is 714 g/mol. The molecule has 45 heavy (non-hydrogen) atoms. The van der Waals surface area contributed by atoms with E-state index in [1.54, 1.807) is 49.6 Å². The van der Waals surface area contributed by atoms with Gasteiger partial charge in [-0.05, 0) is 73.0 Å². The average Bonchev–Trinajstić information content (AvgIpc) is 3.36. The highest BCUT2D eigenvalue weighted by atomic mass is 79.9. The molecule has 0 amide bonds. The lowest BCUT2D eigenvalue weighted by atomic mass is 9.97. The number of carbonyl (C=O) groups excluding carboxylic acids is 1. The highest BCUT2D eigenvalue weighted by molar-refractivity contribution is 9.10. The molecule has 2 heterocycles. The van der Waals surface area contributed by atoms with Gasteiger partial charge in [0, 0.05) is 15.7 Å². The molecule has 1 aliphatic heterocycles. The predicted octanol–water partition coefficient (Wildman–Crippen LogP) is 5.82. The van der Waals surface area contributed by atoms with E-state index in [0.29, 0.717) is 72.8 Å². The van der Waals surface area contributed by atoms with Crippen LogP contribution < -0.4 is 33.8 Å². The van der Waals surface area contributed by atoms with Gasteiger partial charge in [-0.3, -0.25) is 9.36 Å². The van der Waals surface area contributed by atoms with Crippen molar-refractivity contribution in [3.8, 4) is 23.0 Å². The number of methoxy groups -OCH3 is 2. The second-order valence-electron chi connectivity index (χ2n) is 9.69. The molecule has 0 saturated carbocycles. The van der Waals surface area contributed by atoms with Crippen LogP contribution in [0.25, 0.3) is 6.08 Å². The number of thiazole rings is 1. The molecule has 234 valence electrons. The Hall–Kier alpha value is -4.06. The number of aromatic nitrogens is 1. The van der Waals surface area contributed by atoms with Crippen molar-refractivity contribution in [1.82, 2.24) is 4.57 Å². The van der Waals surface area contributed by atoms with Gasteiger partial charge in [-0.1, -0.05) is 57.1 Å². The summed E-state index contributed by atoms with van der Waals surface area (Å²) in [6.07, 6.45) is 3.20. The Kier molecular flexibility index (Phi) is 10.3. The number of fused-ring (bicyclic) bond motifs is 1. The smallest absolute Gasteiger partial charge is 0.337 e. The van der Waals surface area contributed by atoms with Crippen molar-refractivity contribution in [3.63, 3.8) is 0 Å². The van der Waals surface area contributed by atoms with Crippen LogP contribution >= 0.6 is 38.9 Å². The zero-order chi connectivity index (χ0) is 32.1. The lowest BCUT2D eigenvalue weighted by molar-refractivity contribution is -0.136. The summed E-state index contributed by atoms with van der Waals surface area (Å²) in [6.45, 7) is 4.94. The highest BCUT2D eigenvalue weighted by Crippen LogP contribution is 2.36.